The van der Waals surface area contributed by atoms with Crippen molar-refractivity contribution in [3.05, 3.63) is 70.0 Å². The van der Waals surface area contributed by atoms with Crippen LogP contribution in [-0.2, 0) is 23.5 Å². The minimum Gasteiger partial charge on any atom is -0.507 e. The SMILES string of the molecule is Cn1ccnc1S(=O)(=O)Nc1cccc(C(c2c(O)cc(CCCNC(=O)NC(CO)(CO)CO)oc2=O)C2CC2)c1. The first-order valence-corrected chi connectivity index (χ1v) is 14.9. The van der Waals surface area contributed by atoms with Gasteiger partial charge in [0.2, 0.25) is 5.16 Å². The van der Waals surface area contributed by atoms with E-state index in [0.717, 1.165) is 12.8 Å². The zero-order valence-corrected chi connectivity index (χ0v) is 23.8. The van der Waals surface area contributed by atoms with Crippen LogP contribution in [0.5, 0.6) is 5.75 Å². The Bertz CT molecular complexity index is 1550. The fourth-order valence-corrected chi connectivity index (χ4v) is 5.85. The normalized spacial score (nSPS) is 14.4. The molecule has 1 unspecified atom stereocenters. The first kappa shape index (κ1) is 31.0. The minimum atomic E-state index is -3.96. The molecule has 3 aromatic rings. The number of carbonyl (C=O) groups is 1. The van der Waals surface area contributed by atoms with Crippen molar-refractivity contribution in [3.63, 3.8) is 0 Å². The molecule has 2 heterocycles. The summed E-state index contributed by atoms with van der Waals surface area (Å²) >= 11 is 0. The molecule has 1 atom stereocenters. The number of aryl methyl sites for hydroxylation is 2. The standard InChI is InChI=1S/C27H35N5O9S/c1-32-11-10-29-26(32)42(39,40)31-19-5-2-4-18(12-19)22(17-7-8-17)23-21(36)13-20(41-24(23)37)6-3-9-28-25(38)30-27(14-33,15-34)16-35/h2,4-5,10-13,17,22,31,33-36H,3,6-9,14-16H2,1H3,(H2,28,30,38). The highest BCUT2D eigenvalue weighted by molar-refractivity contribution is 7.92. The number of hydrogen-bond acceptors (Lipinski definition) is 10. The Morgan fingerprint density at radius 1 is 1.19 bits per heavy atom. The molecule has 0 spiro atoms. The molecule has 0 radical (unpaired) electrons. The topological polar surface area (TPSA) is 216 Å². The number of sulfonamides is 1. The third kappa shape index (κ3) is 7.10. The smallest absolute Gasteiger partial charge is 0.343 e. The van der Waals surface area contributed by atoms with Crippen molar-refractivity contribution in [2.45, 2.75) is 42.3 Å². The van der Waals surface area contributed by atoms with Gasteiger partial charge in [0, 0.05) is 50.1 Å². The van der Waals surface area contributed by atoms with E-state index in [4.69, 9.17) is 4.42 Å². The van der Waals surface area contributed by atoms with E-state index in [9.17, 15) is 38.4 Å². The Labute approximate surface area is 242 Å². The van der Waals surface area contributed by atoms with Crippen LogP contribution >= 0.6 is 0 Å². The van der Waals surface area contributed by atoms with Crippen LogP contribution in [0.25, 0.3) is 0 Å². The number of aromatic hydroxyl groups is 1. The van der Waals surface area contributed by atoms with E-state index in [2.05, 4.69) is 20.3 Å². The van der Waals surface area contributed by atoms with Gasteiger partial charge in [-0.1, -0.05) is 12.1 Å². The van der Waals surface area contributed by atoms with Crippen molar-refractivity contribution in [3.8, 4) is 5.75 Å². The van der Waals surface area contributed by atoms with Gasteiger partial charge >= 0.3 is 11.7 Å². The van der Waals surface area contributed by atoms with Gasteiger partial charge in [-0.15, -0.1) is 0 Å². The molecule has 42 heavy (non-hydrogen) atoms. The highest BCUT2D eigenvalue weighted by Crippen LogP contribution is 2.48. The van der Waals surface area contributed by atoms with Crippen LogP contribution in [0.4, 0.5) is 10.5 Å². The summed E-state index contributed by atoms with van der Waals surface area (Å²) in [5, 5.41) is 43.6. The van der Waals surface area contributed by atoms with Gasteiger partial charge in [-0.25, -0.2) is 14.6 Å². The van der Waals surface area contributed by atoms with E-state index < -0.39 is 53.0 Å². The number of aliphatic hydroxyl groups excluding tert-OH is 3. The van der Waals surface area contributed by atoms with Crippen LogP contribution in [0.3, 0.4) is 0 Å². The molecule has 0 saturated heterocycles. The molecule has 7 N–H and O–H groups in total. The van der Waals surface area contributed by atoms with Crippen LogP contribution in [0, 0.1) is 5.92 Å². The van der Waals surface area contributed by atoms with Crippen molar-refractivity contribution in [2.75, 3.05) is 31.1 Å². The molecular formula is C27H35N5O9S. The van der Waals surface area contributed by atoms with Gasteiger partial charge < -0.3 is 40.0 Å². The van der Waals surface area contributed by atoms with Crippen molar-refractivity contribution < 1.29 is 38.1 Å². The van der Waals surface area contributed by atoms with Crippen LogP contribution in [0.2, 0.25) is 0 Å². The fraction of sp³-hybridized carbons (Fsp3) is 0.444. The van der Waals surface area contributed by atoms with Gasteiger partial charge in [-0.05, 0) is 42.9 Å². The van der Waals surface area contributed by atoms with Gasteiger partial charge in [-0.2, -0.15) is 8.42 Å². The number of imidazole rings is 1. The maximum absolute atomic E-state index is 13.1. The van der Waals surface area contributed by atoms with Crippen molar-refractivity contribution in [1.82, 2.24) is 20.2 Å². The fourth-order valence-electron chi connectivity index (χ4n) is 4.68. The van der Waals surface area contributed by atoms with Gasteiger partial charge in [0.05, 0.1) is 25.4 Å². The molecule has 14 nitrogen and oxygen atoms in total. The number of anilines is 1. The third-order valence-corrected chi connectivity index (χ3v) is 8.49. The molecule has 1 saturated carbocycles. The first-order chi connectivity index (χ1) is 20.0. The summed E-state index contributed by atoms with van der Waals surface area (Å²) in [7, 11) is -2.39. The molecule has 0 aliphatic heterocycles. The summed E-state index contributed by atoms with van der Waals surface area (Å²) in [6.07, 6.45) is 5.11. The van der Waals surface area contributed by atoms with Gasteiger partial charge in [0.1, 0.15) is 17.0 Å². The van der Waals surface area contributed by atoms with Gasteiger partial charge in [-0.3, -0.25) is 4.72 Å². The highest BCUT2D eigenvalue weighted by Gasteiger charge is 2.37. The monoisotopic (exact) mass is 605 g/mol. The molecule has 2 aromatic heterocycles. The molecule has 1 aliphatic carbocycles. The number of aliphatic hydroxyl groups is 3. The Morgan fingerprint density at radius 2 is 1.90 bits per heavy atom. The predicted molar refractivity (Wildman–Crippen MR) is 151 cm³/mol. The lowest BCUT2D eigenvalue weighted by Crippen LogP contribution is -2.59. The number of nitrogens with one attached hydrogen (secondary N) is 3. The van der Waals surface area contributed by atoms with Crippen molar-refractivity contribution in [1.29, 1.82) is 0 Å². The van der Waals surface area contributed by atoms with Crippen molar-refractivity contribution in [2.24, 2.45) is 13.0 Å². The maximum atomic E-state index is 13.1. The van der Waals surface area contributed by atoms with Crippen LogP contribution in [0.15, 0.2) is 57.1 Å². The Kier molecular flexibility index (Phi) is 9.56. The number of rotatable bonds is 14. The number of nitrogens with zero attached hydrogens (tertiary/aromatic N) is 2. The number of benzene rings is 1. The molecule has 4 rings (SSSR count). The molecule has 0 bridgehead atoms. The summed E-state index contributed by atoms with van der Waals surface area (Å²) in [4.78, 5) is 29.0. The minimum absolute atomic E-state index is 0.0673. The average molecular weight is 606 g/mol. The lowest BCUT2D eigenvalue weighted by Gasteiger charge is -2.28. The molecular weight excluding hydrogens is 570 g/mol. The lowest BCUT2D eigenvalue weighted by molar-refractivity contribution is 0.0493. The lowest BCUT2D eigenvalue weighted by atomic mass is 9.87. The summed E-state index contributed by atoms with van der Waals surface area (Å²) in [5.74, 6) is -0.466. The Morgan fingerprint density at radius 3 is 2.50 bits per heavy atom. The number of aromatic nitrogens is 2. The van der Waals surface area contributed by atoms with E-state index >= 15 is 0 Å². The Hall–Kier alpha value is -3.92. The number of urea groups is 1. The quantitative estimate of drug-likeness (QED) is 0.125. The number of carbonyl (C=O) groups excluding carboxylic acids is 1. The summed E-state index contributed by atoms with van der Waals surface area (Å²) in [6.45, 7) is -1.83. The summed E-state index contributed by atoms with van der Waals surface area (Å²) in [6, 6.07) is 7.32. The highest BCUT2D eigenvalue weighted by atomic mass is 32.2. The summed E-state index contributed by atoms with van der Waals surface area (Å²) in [5.41, 5.74) is -1.24. The first-order valence-electron chi connectivity index (χ1n) is 13.4. The number of hydrogen-bond donors (Lipinski definition) is 7. The second-order valence-electron chi connectivity index (χ2n) is 10.4. The van der Waals surface area contributed by atoms with Crippen LogP contribution in [-0.4, -0.2) is 76.3 Å². The molecule has 15 heteroatoms. The van der Waals surface area contributed by atoms with Gasteiger partial charge in [0.15, 0.2) is 0 Å². The number of amides is 2. The van der Waals surface area contributed by atoms with E-state index in [1.54, 1.807) is 31.3 Å². The molecule has 1 aromatic carbocycles. The third-order valence-electron chi connectivity index (χ3n) is 7.11. The molecule has 1 fully saturated rings. The second kappa shape index (κ2) is 12.9. The molecule has 2 amide bonds. The van der Waals surface area contributed by atoms with E-state index in [-0.39, 0.29) is 46.8 Å². The molecule has 1 aliphatic rings. The summed E-state index contributed by atoms with van der Waals surface area (Å²) < 4.78 is 35.1. The van der Waals surface area contributed by atoms with Gasteiger partial charge in [0.25, 0.3) is 10.0 Å². The molecule has 228 valence electrons. The Balaban J connectivity index is 1.45. The average Bonchev–Trinajstić information content (AvgIpc) is 3.69. The van der Waals surface area contributed by atoms with E-state index in [1.165, 1.54) is 23.0 Å². The van der Waals surface area contributed by atoms with Crippen molar-refractivity contribution >= 4 is 21.7 Å². The zero-order valence-electron chi connectivity index (χ0n) is 23.0. The largest absolute Gasteiger partial charge is 0.507 e. The zero-order chi connectivity index (χ0) is 30.5. The van der Waals surface area contributed by atoms with E-state index in [0.29, 0.717) is 12.0 Å². The predicted octanol–water partition coefficient (Wildman–Crippen LogP) is 0.369. The van der Waals surface area contributed by atoms with Crippen LogP contribution in [0.1, 0.15) is 42.1 Å². The van der Waals surface area contributed by atoms with E-state index in [1.807, 2.05) is 0 Å². The van der Waals surface area contributed by atoms with Crippen LogP contribution < -0.4 is 21.0 Å². The second-order valence-corrected chi connectivity index (χ2v) is 12.0. The maximum Gasteiger partial charge on any atom is 0.343 e.